The van der Waals surface area contributed by atoms with Gasteiger partial charge in [-0.3, -0.25) is 0 Å². The molecule has 0 amide bonds. The second kappa shape index (κ2) is 2.88. The van der Waals surface area contributed by atoms with Crippen molar-refractivity contribution in [3.8, 4) is 5.75 Å². The van der Waals surface area contributed by atoms with Crippen molar-refractivity contribution in [3.05, 3.63) is 26.6 Å². The van der Waals surface area contributed by atoms with E-state index in [4.69, 9.17) is 0 Å². The van der Waals surface area contributed by atoms with Gasteiger partial charge in [0.25, 0.3) is 0 Å². The highest BCUT2D eigenvalue weighted by Gasteiger charge is 2.07. The van der Waals surface area contributed by atoms with Crippen molar-refractivity contribution in [2.75, 3.05) is 0 Å². The highest BCUT2D eigenvalue weighted by molar-refractivity contribution is 14.1. The predicted molar refractivity (Wildman–Crippen MR) is 60.9 cm³/mol. The first kappa shape index (κ1) is 8.31. The highest BCUT2D eigenvalue weighted by Crippen LogP contribution is 2.34. The quantitative estimate of drug-likeness (QED) is 0.736. The second-order valence-corrected chi connectivity index (χ2v) is 4.69. The minimum atomic E-state index is 0.422. The maximum absolute atomic E-state index is 9.62. The topological polar surface area (TPSA) is 20.2 Å². The van der Waals surface area contributed by atoms with E-state index < -0.39 is 0 Å². The number of fused-ring (bicyclic) bond motifs is 1. The van der Waals surface area contributed by atoms with Crippen LogP contribution in [-0.4, -0.2) is 5.11 Å². The average Bonchev–Trinajstić information content (AvgIpc) is 2.48. The van der Waals surface area contributed by atoms with Gasteiger partial charge >= 0.3 is 0 Å². The lowest BCUT2D eigenvalue weighted by Gasteiger charge is -2.01. The lowest BCUT2D eigenvalue weighted by Crippen LogP contribution is -1.79. The van der Waals surface area contributed by atoms with Gasteiger partial charge in [0.2, 0.25) is 0 Å². The number of aromatic hydroxyl groups is 1. The molecule has 62 valence electrons. The molecule has 12 heavy (non-hydrogen) atoms. The van der Waals surface area contributed by atoms with E-state index in [0.29, 0.717) is 5.75 Å². The van der Waals surface area contributed by atoms with Crippen LogP contribution in [0.5, 0.6) is 5.75 Å². The van der Waals surface area contributed by atoms with Gasteiger partial charge in [0.15, 0.2) is 0 Å². The molecular formula is C9H7IOS. The largest absolute Gasteiger partial charge is 0.507 e. The number of benzene rings is 1. The summed E-state index contributed by atoms with van der Waals surface area (Å²) >= 11 is 3.85. The Morgan fingerprint density at radius 2 is 2.25 bits per heavy atom. The van der Waals surface area contributed by atoms with E-state index in [9.17, 15) is 5.11 Å². The second-order valence-electron chi connectivity index (χ2n) is 2.70. The Bertz CT molecular complexity index is 433. The van der Waals surface area contributed by atoms with Crippen LogP contribution in [0.4, 0.5) is 0 Å². The van der Waals surface area contributed by atoms with Crippen molar-refractivity contribution >= 4 is 44.0 Å². The first-order chi connectivity index (χ1) is 5.70. The summed E-state index contributed by atoms with van der Waals surface area (Å²) in [5, 5.41) is 12.9. The molecule has 1 aromatic heterocycles. The minimum Gasteiger partial charge on any atom is -0.507 e. The molecule has 1 nitrogen and oxygen atoms in total. The molecule has 1 heterocycles. The summed E-state index contributed by atoms with van der Waals surface area (Å²) in [5.41, 5.74) is 0.949. The minimum absolute atomic E-state index is 0.422. The Kier molecular flexibility index (Phi) is 2.00. The molecule has 0 aliphatic rings. The van der Waals surface area contributed by atoms with Gasteiger partial charge in [-0.05, 0) is 58.0 Å². The van der Waals surface area contributed by atoms with Gasteiger partial charge in [0.05, 0.1) is 8.27 Å². The van der Waals surface area contributed by atoms with Gasteiger partial charge in [-0.15, -0.1) is 11.3 Å². The number of phenols is 1. The Balaban J connectivity index is 2.94. The van der Waals surface area contributed by atoms with E-state index in [1.165, 1.54) is 10.1 Å². The molecule has 1 aromatic carbocycles. The molecular weight excluding hydrogens is 283 g/mol. The fraction of sp³-hybridized carbons (Fsp3) is 0.111. The molecule has 0 bridgehead atoms. The molecule has 0 unspecified atom stereocenters. The average molecular weight is 290 g/mol. The SMILES string of the molecule is Cc1cc2ccsc2c(I)c1O. The van der Waals surface area contributed by atoms with E-state index in [0.717, 1.165) is 9.13 Å². The van der Waals surface area contributed by atoms with Crippen LogP contribution in [0.2, 0.25) is 0 Å². The third-order valence-corrected chi connectivity index (χ3v) is 4.21. The van der Waals surface area contributed by atoms with Gasteiger partial charge in [0, 0.05) is 0 Å². The van der Waals surface area contributed by atoms with E-state index >= 15 is 0 Å². The van der Waals surface area contributed by atoms with Gasteiger partial charge in [-0.25, -0.2) is 0 Å². The number of thiophene rings is 1. The summed E-state index contributed by atoms with van der Waals surface area (Å²) in [4.78, 5) is 0. The zero-order valence-electron chi connectivity index (χ0n) is 6.47. The summed E-state index contributed by atoms with van der Waals surface area (Å²) in [6.45, 7) is 1.93. The number of rotatable bonds is 0. The van der Waals surface area contributed by atoms with E-state index in [1.54, 1.807) is 11.3 Å². The zero-order chi connectivity index (χ0) is 8.72. The summed E-state index contributed by atoms with van der Waals surface area (Å²) < 4.78 is 2.15. The normalized spacial score (nSPS) is 10.8. The van der Waals surface area contributed by atoms with Crippen LogP contribution in [0.1, 0.15) is 5.56 Å². The maximum Gasteiger partial charge on any atom is 0.133 e. The molecule has 2 aromatic rings. The van der Waals surface area contributed by atoms with Crippen LogP contribution >= 0.6 is 33.9 Å². The molecule has 0 fully saturated rings. The molecule has 0 atom stereocenters. The molecule has 0 aliphatic heterocycles. The van der Waals surface area contributed by atoms with Crippen molar-refractivity contribution < 1.29 is 5.11 Å². The van der Waals surface area contributed by atoms with E-state index in [2.05, 4.69) is 28.7 Å². The van der Waals surface area contributed by atoms with Crippen molar-refractivity contribution in [2.24, 2.45) is 0 Å². The predicted octanol–water partition coefficient (Wildman–Crippen LogP) is 3.52. The number of aryl methyl sites for hydroxylation is 1. The fourth-order valence-electron chi connectivity index (χ4n) is 1.19. The van der Waals surface area contributed by atoms with Crippen LogP contribution in [0.3, 0.4) is 0 Å². The maximum atomic E-state index is 9.62. The Hall–Kier alpha value is -0.290. The Morgan fingerprint density at radius 3 is 3.00 bits per heavy atom. The number of hydrogen-bond donors (Lipinski definition) is 1. The van der Waals surface area contributed by atoms with Gasteiger partial charge in [0.1, 0.15) is 5.75 Å². The summed E-state index contributed by atoms with van der Waals surface area (Å²) in [7, 11) is 0. The smallest absolute Gasteiger partial charge is 0.133 e. The molecule has 0 saturated carbocycles. The zero-order valence-corrected chi connectivity index (χ0v) is 9.44. The first-order valence-corrected chi connectivity index (χ1v) is 5.51. The monoisotopic (exact) mass is 290 g/mol. The molecule has 0 spiro atoms. The summed E-state index contributed by atoms with van der Waals surface area (Å²) in [6.07, 6.45) is 0. The fourth-order valence-corrected chi connectivity index (χ4v) is 3.13. The highest BCUT2D eigenvalue weighted by atomic mass is 127. The van der Waals surface area contributed by atoms with E-state index in [1.807, 2.05) is 18.4 Å². The summed E-state index contributed by atoms with van der Waals surface area (Å²) in [6, 6.07) is 4.10. The number of halogens is 1. The molecule has 0 aliphatic carbocycles. The van der Waals surface area contributed by atoms with Crippen LogP contribution in [0.15, 0.2) is 17.5 Å². The molecule has 3 heteroatoms. The lowest BCUT2D eigenvalue weighted by atomic mass is 10.2. The third-order valence-electron chi connectivity index (χ3n) is 1.85. The van der Waals surface area contributed by atoms with Gasteiger partial charge < -0.3 is 5.11 Å². The van der Waals surface area contributed by atoms with Crippen LogP contribution in [-0.2, 0) is 0 Å². The van der Waals surface area contributed by atoms with E-state index in [-0.39, 0.29) is 0 Å². The molecule has 0 radical (unpaired) electrons. The van der Waals surface area contributed by atoms with Gasteiger partial charge in [-0.2, -0.15) is 0 Å². The molecule has 0 saturated heterocycles. The lowest BCUT2D eigenvalue weighted by molar-refractivity contribution is 0.468. The molecule has 1 N–H and O–H groups in total. The summed E-state index contributed by atoms with van der Waals surface area (Å²) in [5.74, 6) is 0.422. The van der Waals surface area contributed by atoms with Crippen LogP contribution in [0.25, 0.3) is 10.1 Å². The van der Waals surface area contributed by atoms with Crippen molar-refractivity contribution in [1.82, 2.24) is 0 Å². The molecule has 2 rings (SSSR count). The number of phenolic OH excluding ortho intramolecular Hbond substituents is 1. The van der Waals surface area contributed by atoms with Crippen LogP contribution in [0, 0.1) is 10.5 Å². The number of hydrogen-bond acceptors (Lipinski definition) is 2. The Morgan fingerprint density at radius 1 is 1.50 bits per heavy atom. The van der Waals surface area contributed by atoms with Crippen molar-refractivity contribution in [1.29, 1.82) is 0 Å². The van der Waals surface area contributed by atoms with Gasteiger partial charge in [-0.1, -0.05) is 0 Å². The Labute approximate surface area is 88.2 Å². The standard InChI is InChI=1S/C9H7IOS/c1-5-4-6-2-3-12-9(6)7(10)8(5)11/h2-4,11H,1H3. The third kappa shape index (κ3) is 1.11. The van der Waals surface area contributed by atoms with Crippen LogP contribution < -0.4 is 0 Å². The first-order valence-electron chi connectivity index (χ1n) is 3.55. The van der Waals surface area contributed by atoms with Crippen molar-refractivity contribution in [2.45, 2.75) is 6.92 Å². The van der Waals surface area contributed by atoms with Crippen molar-refractivity contribution in [3.63, 3.8) is 0 Å².